The van der Waals surface area contributed by atoms with Crippen molar-refractivity contribution in [2.45, 2.75) is 13.0 Å². The smallest absolute Gasteiger partial charge is 0.271 e. The minimum Gasteiger partial charge on any atom is -0.344 e. The van der Waals surface area contributed by atoms with Crippen molar-refractivity contribution in [3.63, 3.8) is 0 Å². The molecule has 0 radical (unpaired) electrons. The van der Waals surface area contributed by atoms with E-state index in [0.29, 0.717) is 10.2 Å². The number of hydrogen-bond acceptors (Lipinski definition) is 2. The fourth-order valence-electron chi connectivity index (χ4n) is 1.64. The number of halogens is 1. The van der Waals surface area contributed by atoms with Gasteiger partial charge in [-0.3, -0.25) is 4.79 Å². The highest BCUT2D eigenvalue weighted by Crippen LogP contribution is 2.16. The average molecular weight is 305 g/mol. The summed E-state index contributed by atoms with van der Waals surface area (Å²) in [5.41, 5.74) is 1.47. The molecule has 0 spiro atoms. The maximum Gasteiger partial charge on any atom is 0.271 e. The summed E-state index contributed by atoms with van der Waals surface area (Å²) in [4.78, 5) is 16.1. The number of rotatable bonds is 3. The first-order valence-electron chi connectivity index (χ1n) is 5.65. The molecule has 1 unspecified atom stereocenters. The van der Waals surface area contributed by atoms with Crippen molar-refractivity contribution in [3.05, 3.63) is 64.4 Å². The molecule has 1 N–H and O–H groups in total. The molecule has 0 saturated carbocycles. The number of hydrogen-bond donors (Lipinski definition) is 1. The normalized spacial score (nSPS) is 11.9. The van der Waals surface area contributed by atoms with Crippen molar-refractivity contribution in [1.29, 1.82) is 0 Å². The molecule has 0 aliphatic carbocycles. The standard InChI is InChI=1S/C14H13BrN2O/c1-10(11-6-3-2-4-7-11)17-14(18)13-12(15)8-5-9-16-13/h2-10H,1H3,(H,17,18). The first-order chi connectivity index (χ1) is 8.68. The van der Waals surface area contributed by atoms with Gasteiger partial charge in [0.25, 0.3) is 5.91 Å². The summed E-state index contributed by atoms with van der Waals surface area (Å²) in [6.07, 6.45) is 1.60. The van der Waals surface area contributed by atoms with Crippen LogP contribution in [-0.2, 0) is 0 Å². The van der Waals surface area contributed by atoms with Crippen molar-refractivity contribution in [1.82, 2.24) is 10.3 Å². The Kier molecular flexibility index (Phi) is 4.10. The summed E-state index contributed by atoms with van der Waals surface area (Å²) in [5, 5.41) is 2.92. The zero-order valence-corrected chi connectivity index (χ0v) is 11.5. The van der Waals surface area contributed by atoms with E-state index in [1.165, 1.54) is 0 Å². The van der Waals surface area contributed by atoms with Crippen LogP contribution >= 0.6 is 15.9 Å². The van der Waals surface area contributed by atoms with E-state index in [-0.39, 0.29) is 11.9 Å². The lowest BCUT2D eigenvalue weighted by atomic mass is 10.1. The Morgan fingerprint density at radius 1 is 1.22 bits per heavy atom. The molecule has 2 aromatic rings. The van der Waals surface area contributed by atoms with Crippen LogP contribution in [0.1, 0.15) is 29.0 Å². The minimum absolute atomic E-state index is 0.0485. The van der Waals surface area contributed by atoms with E-state index in [0.717, 1.165) is 5.56 Å². The lowest BCUT2D eigenvalue weighted by molar-refractivity contribution is 0.0934. The summed E-state index contributed by atoms with van der Waals surface area (Å²) >= 11 is 3.32. The molecule has 4 heteroatoms. The third-order valence-electron chi connectivity index (χ3n) is 2.62. The van der Waals surface area contributed by atoms with E-state index < -0.39 is 0 Å². The van der Waals surface area contributed by atoms with Gasteiger partial charge in [0.05, 0.1) is 6.04 Å². The fraction of sp³-hybridized carbons (Fsp3) is 0.143. The lowest BCUT2D eigenvalue weighted by Crippen LogP contribution is -2.27. The molecule has 0 aliphatic heterocycles. The van der Waals surface area contributed by atoms with Gasteiger partial charge in [-0.25, -0.2) is 4.98 Å². The number of nitrogens with one attached hydrogen (secondary N) is 1. The molecule has 0 bridgehead atoms. The van der Waals surface area contributed by atoms with Crippen LogP contribution in [0.3, 0.4) is 0 Å². The van der Waals surface area contributed by atoms with Gasteiger partial charge in [-0.1, -0.05) is 30.3 Å². The molecule has 0 saturated heterocycles. The predicted octanol–water partition coefficient (Wildman–Crippen LogP) is 3.34. The summed E-state index contributed by atoms with van der Waals surface area (Å²) in [5.74, 6) is -0.182. The summed E-state index contributed by atoms with van der Waals surface area (Å²) in [6, 6.07) is 13.4. The zero-order valence-electron chi connectivity index (χ0n) is 9.93. The van der Waals surface area contributed by atoms with Crippen LogP contribution in [0.15, 0.2) is 53.1 Å². The molecule has 3 nitrogen and oxygen atoms in total. The number of benzene rings is 1. The van der Waals surface area contributed by atoms with Crippen molar-refractivity contribution in [2.24, 2.45) is 0 Å². The highest BCUT2D eigenvalue weighted by molar-refractivity contribution is 9.10. The van der Waals surface area contributed by atoms with E-state index in [4.69, 9.17) is 0 Å². The summed E-state index contributed by atoms with van der Waals surface area (Å²) in [6.45, 7) is 1.95. The minimum atomic E-state index is -0.182. The van der Waals surface area contributed by atoms with Crippen LogP contribution in [0.25, 0.3) is 0 Å². The summed E-state index contributed by atoms with van der Waals surface area (Å²) in [7, 11) is 0. The van der Waals surface area contributed by atoms with Crippen molar-refractivity contribution < 1.29 is 4.79 Å². The molecule has 1 heterocycles. The summed E-state index contributed by atoms with van der Waals surface area (Å²) < 4.78 is 0.697. The maximum absolute atomic E-state index is 12.0. The molecular formula is C14H13BrN2O. The third kappa shape index (κ3) is 2.96. The molecule has 0 fully saturated rings. The lowest BCUT2D eigenvalue weighted by Gasteiger charge is -2.14. The first kappa shape index (κ1) is 12.8. The molecule has 1 atom stereocenters. The number of aromatic nitrogens is 1. The number of carbonyl (C=O) groups excluding carboxylic acids is 1. The molecular weight excluding hydrogens is 292 g/mol. The van der Waals surface area contributed by atoms with Crippen LogP contribution in [0.4, 0.5) is 0 Å². The van der Waals surface area contributed by atoms with Gasteiger partial charge >= 0.3 is 0 Å². The number of nitrogens with zero attached hydrogens (tertiary/aromatic N) is 1. The quantitative estimate of drug-likeness (QED) is 0.945. The van der Waals surface area contributed by atoms with Gasteiger partial charge < -0.3 is 5.32 Å². The second kappa shape index (κ2) is 5.78. The monoisotopic (exact) mass is 304 g/mol. The van der Waals surface area contributed by atoms with Crippen LogP contribution in [-0.4, -0.2) is 10.9 Å². The Morgan fingerprint density at radius 3 is 2.61 bits per heavy atom. The van der Waals surface area contributed by atoms with Gasteiger partial charge in [-0.2, -0.15) is 0 Å². The number of amides is 1. The Morgan fingerprint density at radius 2 is 1.94 bits per heavy atom. The van der Waals surface area contributed by atoms with E-state index in [1.807, 2.05) is 37.3 Å². The Bertz CT molecular complexity index is 543. The molecule has 1 amide bonds. The van der Waals surface area contributed by atoms with Gasteiger partial charge in [0.2, 0.25) is 0 Å². The van der Waals surface area contributed by atoms with Gasteiger partial charge in [0.1, 0.15) is 5.69 Å². The molecule has 18 heavy (non-hydrogen) atoms. The van der Waals surface area contributed by atoms with Crippen LogP contribution in [0, 0.1) is 0 Å². The van der Waals surface area contributed by atoms with Crippen molar-refractivity contribution >= 4 is 21.8 Å². The van der Waals surface area contributed by atoms with Crippen LogP contribution in [0.5, 0.6) is 0 Å². The molecule has 92 valence electrons. The first-order valence-corrected chi connectivity index (χ1v) is 6.44. The van der Waals surface area contributed by atoms with E-state index in [1.54, 1.807) is 18.3 Å². The highest BCUT2D eigenvalue weighted by Gasteiger charge is 2.14. The number of carbonyl (C=O) groups is 1. The molecule has 1 aromatic heterocycles. The SMILES string of the molecule is CC(NC(=O)c1ncccc1Br)c1ccccc1. The molecule has 1 aromatic carbocycles. The van der Waals surface area contributed by atoms with E-state index >= 15 is 0 Å². The zero-order chi connectivity index (χ0) is 13.0. The Balaban J connectivity index is 2.11. The van der Waals surface area contributed by atoms with Gasteiger partial charge in [0.15, 0.2) is 0 Å². The van der Waals surface area contributed by atoms with Crippen LogP contribution in [0.2, 0.25) is 0 Å². The van der Waals surface area contributed by atoms with Gasteiger partial charge in [-0.15, -0.1) is 0 Å². The van der Waals surface area contributed by atoms with Gasteiger partial charge in [-0.05, 0) is 40.5 Å². The topological polar surface area (TPSA) is 42.0 Å². The van der Waals surface area contributed by atoms with E-state index in [2.05, 4.69) is 26.2 Å². The maximum atomic E-state index is 12.0. The second-order valence-corrected chi connectivity index (χ2v) is 4.79. The highest BCUT2D eigenvalue weighted by atomic mass is 79.9. The van der Waals surface area contributed by atoms with Crippen molar-refractivity contribution in [3.8, 4) is 0 Å². The van der Waals surface area contributed by atoms with Gasteiger partial charge in [0, 0.05) is 10.7 Å². The average Bonchev–Trinajstić information content (AvgIpc) is 2.40. The Hall–Kier alpha value is -1.68. The predicted molar refractivity (Wildman–Crippen MR) is 74.3 cm³/mol. The van der Waals surface area contributed by atoms with Crippen molar-refractivity contribution in [2.75, 3.05) is 0 Å². The second-order valence-electron chi connectivity index (χ2n) is 3.94. The fourth-order valence-corrected chi connectivity index (χ4v) is 2.08. The van der Waals surface area contributed by atoms with Crippen LogP contribution < -0.4 is 5.32 Å². The van der Waals surface area contributed by atoms with E-state index in [9.17, 15) is 4.79 Å². The molecule has 0 aliphatic rings. The largest absolute Gasteiger partial charge is 0.344 e. The molecule has 2 rings (SSSR count). The number of pyridine rings is 1. The third-order valence-corrected chi connectivity index (χ3v) is 3.26. The Labute approximate surface area is 114 Å².